The van der Waals surface area contributed by atoms with Crippen LogP contribution in [0.25, 0.3) is 5.69 Å². The number of fused-ring (bicyclic) bond motifs is 1. The van der Waals surface area contributed by atoms with E-state index >= 15 is 0 Å². The highest BCUT2D eigenvalue weighted by Gasteiger charge is 2.22. The lowest BCUT2D eigenvalue weighted by atomic mass is 10.0. The molecular weight excluding hydrogens is 314 g/mol. The van der Waals surface area contributed by atoms with Gasteiger partial charge >= 0.3 is 0 Å². The molecular formula is C20H19N3O2. The lowest BCUT2D eigenvalue weighted by Crippen LogP contribution is -2.33. The first kappa shape index (κ1) is 15.4. The predicted molar refractivity (Wildman–Crippen MR) is 94.7 cm³/mol. The first-order valence-corrected chi connectivity index (χ1v) is 8.40. The Labute approximate surface area is 146 Å². The Bertz CT molecular complexity index is 873. The minimum Gasteiger partial charge on any atom is -0.493 e. The molecule has 126 valence electrons. The normalized spacial score (nSPS) is 15.9. The summed E-state index contributed by atoms with van der Waals surface area (Å²) in [6.45, 7) is 0.619. The van der Waals surface area contributed by atoms with Crippen LogP contribution < -0.4 is 10.1 Å². The maximum atomic E-state index is 12.4. The molecule has 0 bridgehead atoms. The van der Waals surface area contributed by atoms with Gasteiger partial charge in [0.25, 0.3) is 0 Å². The quantitative estimate of drug-likeness (QED) is 0.798. The van der Waals surface area contributed by atoms with Gasteiger partial charge in [-0.3, -0.25) is 4.79 Å². The van der Waals surface area contributed by atoms with Gasteiger partial charge in [0.1, 0.15) is 5.75 Å². The molecule has 0 aliphatic carbocycles. The molecule has 0 saturated carbocycles. The SMILES string of the molecule is O=C(Cc1cnn(-c2ccccc2)c1)N[C@@H]1CCOc2ccccc21. The highest BCUT2D eigenvalue weighted by molar-refractivity contribution is 5.79. The Morgan fingerprint density at radius 1 is 1.16 bits per heavy atom. The van der Waals surface area contributed by atoms with Crippen molar-refractivity contribution in [1.82, 2.24) is 15.1 Å². The van der Waals surface area contributed by atoms with Crippen LogP contribution in [0.3, 0.4) is 0 Å². The fourth-order valence-electron chi connectivity index (χ4n) is 3.10. The number of benzene rings is 2. The summed E-state index contributed by atoms with van der Waals surface area (Å²) in [5.74, 6) is 0.852. The van der Waals surface area contributed by atoms with E-state index < -0.39 is 0 Å². The first-order valence-electron chi connectivity index (χ1n) is 8.40. The molecule has 5 heteroatoms. The molecule has 0 radical (unpaired) electrons. The number of carbonyl (C=O) groups excluding carboxylic acids is 1. The third-order valence-electron chi connectivity index (χ3n) is 4.32. The van der Waals surface area contributed by atoms with Crippen molar-refractivity contribution in [3.05, 3.63) is 78.1 Å². The van der Waals surface area contributed by atoms with Gasteiger partial charge in [0.05, 0.1) is 31.0 Å². The Hall–Kier alpha value is -3.08. The molecule has 0 saturated heterocycles. The molecule has 25 heavy (non-hydrogen) atoms. The van der Waals surface area contributed by atoms with E-state index in [1.165, 1.54) is 0 Å². The van der Waals surface area contributed by atoms with E-state index in [-0.39, 0.29) is 11.9 Å². The van der Waals surface area contributed by atoms with E-state index in [9.17, 15) is 4.79 Å². The summed E-state index contributed by atoms with van der Waals surface area (Å²) >= 11 is 0. The van der Waals surface area contributed by atoms with Crippen molar-refractivity contribution in [3.8, 4) is 11.4 Å². The van der Waals surface area contributed by atoms with Crippen LogP contribution in [-0.2, 0) is 11.2 Å². The fraction of sp³-hybridized carbons (Fsp3) is 0.200. The average molecular weight is 333 g/mol. The van der Waals surface area contributed by atoms with Crippen molar-refractivity contribution >= 4 is 5.91 Å². The summed E-state index contributed by atoms with van der Waals surface area (Å²) in [5, 5.41) is 7.46. The van der Waals surface area contributed by atoms with E-state index in [1.807, 2.05) is 60.8 Å². The first-order chi connectivity index (χ1) is 12.3. The number of para-hydroxylation sites is 2. The van der Waals surface area contributed by atoms with Gasteiger partial charge in [0.15, 0.2) is 0 Å². The standard InChI is InChI=1S/C20H19N3O2/c24-20(22-18-10-11-25-19-9-5-4-8-17(18)19)12-15-13-21-23(14-15)16-6-2-1-3-7-16/h1-9,13-14,18H,10-12H2,(H,22,24)/t18-/m1/s1. The summed E-state index contributed by atoms with van der Waals surface area (Å²) in [4.78, 5) is 12.4. The van der Waals surface area contributed by atoms with E-state index in [0.29, 0.717) is 13.0 Å². The molecule has 3 aromatic rings. The Balaban J connectivity index is 1.43. The number of nitrogens with one attached hydrogen (secondary N) is 1. The molecule has 4 rings (SSSR count). The van der Waals surface area contributed by atoms with Crippen LogP contribution in [0.1, 0.15) is 23.6 Å². The van der Waals surface area contributed by atoms with Crippen molar-refractivity contribution < 1.29 is 9.53 Å². The predicted octanol–water partition coefficient (Wildman–Crippen LogP) is 3.05. The third kappa shape index (κ3) is 3.40. The molecule has 1 aliphatic rings. The van der Waals surface area contributed by atoms with Gasteiger partial charge in [-0.2, -0.15) is 5.10 Å². The summed E-state index contributed by atoms with van der Waals surface area (Å²) in [5.41, 5.74) is 2.91. The molecule has 0 unspecified atom stereocenters. The van der Waals surface area contributed by atoms with Gasteiger partial charge in [0, 0.05) is 18.2 Å². The van der Waals surface area contributed by atoms with Gasteiger partial charge < -0.3 is 10.1 Å². The number of carbonyl (C=O) groups is 1. The largest absolute Gasteiger partial charge is 0.493 e. The number of rotatable bonds is 4. The van der Waals surface area contributed by atoms with Gasteiger partial charge in [0.2, 0.25) is 5.91 Å². The molecule has 1 aliphatic heterocycles. The van der Waals surface area contributed by atoms with Crippen molar-refractivity contribution in [1.29, 1.82) is 0 Å². The minimum absolute atomic E-state index is 0.00150. The number of hydrogen-bond donors (Lipinski definition) is 1. The second kappa shape index (κ2) is 6.81. The number of ether oxygens (including phenoxy) is 1. The second-order valence-corrected chi connectivity index (χ2v) is 6.10. The zero-order valence-corrected chi connectivity index (χ0v) is 13.8. The lowest BCUT2D eigenvalue weighted by molar-refractivity contribution is -0.121. The van der Waals surface area contributed by atoms with Gasteiger partial charge in [-0.1, -0.05) is 36.4 Å². The molecule has 1 N–H and O–H groups in total. The van der Waals surface area contributed by atoms with Gasteiger partial charge in [-0.05, 0) is 23.8 Å². The maximum absolute atomic E-state index is 12.4. The molecule has 1 amide bonds. The Morgan fingerprint density at radius 3 is 2.84 bits per heavy atom. The van der Waals surface area contributed by atoms with E-state index in [0.717, 1.165) is 29.0 Å². The molecule has 1 atom stereocenters. The highest BCUT2D eigenvalue weighted by atomic mass is 16.5. The zero-order chi connectivity index (χ0) is 17.1. The Kier molecular flexibility index (Phi) is 4.21. The highest BCUT2D eigenvalue weighted by Crippen LogP contribution is 2.31. The van der Waals surface area contributed by atoms with Gasteiger partial charge in [-0.15, -0.1) is 0 Å². The summed E-state index contributed by atoms with van der Waals surface area (Å²) in [6.07, 6.45) is 4.73. The van der Waals surface area contributed by atoms with Crippen LogP contribution in [0, 0.1) is 0 Å². The van der Waals surface area contributed by atoms with Crippen LogP contribution in [0.15, 0.2) is 67.0 Å². The lowest BCUT2D eigenvalue weighted by Gasteiger charge is -2.26. The van der Waals surface area contributed by atoms with E-state index in [1.54, 1.807) is 10.9 Å². The van der Waals surface area contributed by atoms with Crippen molar-refractivity contribution in [2.45, 2.75) is 18.9 Å². The number of hydrogen-bond acceptors (Lipinski definition) is 3. The molecule has 1 aromatic heterocycles. The average Bonchev–Trinajstić information content (AvgIpc) is 3.11. The van der Waals surface area contributed by atoms with Crippen LogP contribution in [-0.4, -0.2) is 22.3 Å². The Morgan fingerprint density at radius 2 is 1.96 bits per heavy atom. The third-order valence-corrected chi connectivity index (χ3v) is 4.32. The topological polar surface area (TPSA) is 56.2 Å². The van der Waals surface area contributed by atoms with Crippen molar-refractivity contribution in [2.75, 3.05) is 6.61 Å². The number of amides is 1. The van der Waals surface area contributed by atoms with Crippen LogP contribution >= 0.6 is 0 Å². The monoisotopic (exact) mass is 333 g/mol. The van der Waals surface area contributed by atoms with Gasteiger partial charge in [-0.25, -0.2) is 4.68 Å². The van der Waals surface area contributed by atoms with Crippen LogP contribution in [0.5, 0.6) is 5.75 Å². The van der Waals surface area contributed by atoms with E-state index in [4.69, 9.17) is 4.74 Å². The summed E-state index contributed by atoms with van der Waals surface area (Å²) < 4.78 is 7.43. The molecule has 2 heterocycles. The fourth-order valence-corrected chi connectivity index (χ4v) is 3.10. The summed E-state index contributed by atoms with van der Waals surface area (Å²) in [6, 6.07) is 17.7. The zero-order valence-electron chi connectivity index (χ0n) is 13.8. The molecule has 2 aromatic carbocycles. The van der Waals surface area contributed by atoms with Crippen molar-refractivity contribution in [3.63, 3.8) is 0 Å². The second-order valence-electron chi connectivity index (χ2n) is 6.10. The summed E-state index contributed by atoms with van der Waals surface area (Å²) in [7, 11) is 0. The smallest absolute Gasteiger partial charge is 0.225 e. The molecule has 0 spiro atoms. The number of aromatic nitrogens is 2. The minimum atomic E-state index is -0.00526. The van der Waals surface area contributed by atoms with Crippen LogP contribution in [0.2, 0.25) is 0 Å². The molecule has 5 nitrogen and oxygen atoms in total. The van der Waals surface area contributed by atoms with E-state index in [2.05, 4.69) is 10.4 Å². The number of nitrogens with zero attached hydrogens (tertiary/aromatic N) is 2. The molecule has 0 fully saturated rings. The van der Waals surface area contributed by atoms with Crippen LogP contribution in [0.4, 0.5) is 0 Å². The van der Waals surface area contributed by atoms with Crippen molar-refractivity contribution in [2.24, 2.45) is 0 Å². The maximum Gasteiger partial charge on any atom is 0.225 e.